The molecule has 9 nitrogen and oxygen atoms in total. The molecule has 0 bridgehead atoms. The van der Waals surface area contributed by atoms with Gasteiger partial charge in [0.25, 0.3) is 6.02 Å². The fourth-order valence-electron chi connectivity index (χ4n) is 6.23. The lowest BCUT2D eigenvalue weighted by atomic mass is 9.93. The summed E-state index contributed by atoms with van der Waals surface area (Å²) in [5.74, 6) is 0.0395. The molecule has 2 aliphatic rings. The summed E-state index contributed by atoms with van der Waals surface area (Å²) in [7, 11) is 8.01. The fraction of sp³-hybridized carbons (Fsp3) is 0.556. The van der Waals surface area contributed by atoms with Gasteiger partial charge in [-0.3, -0.25) is 19.3 Å². The first kappa shape index (κ1) is 34.3. The van der Waals surface area contributed by atoms with E-state index in [9.17, 15) is 14.4 Å². The molecule has 1 fully saturated rings. The number of hydrogen-bond donors (Lipinski definition) is 0. The van der Waals surface area contributed by atoms with Crippen molar-refractivity contribution in [2.45, 2.75) is 76.6 Å². The Kier molecular flexibility index (Phi) is 11.6. The molecule has 0 spiro atoms. The van der Waals surface area contributed by atoms with Crippen LogP contribution in [0.15, 0.2) is 59.6 Å². The van der Waals surface area contributed by atoms with E-state index in [1.54, 1.807) is 19.1 Å². The van der Waals surface area contributed by atoms with Crippen LogP contribution in [0.3, 0.4) is 0 Å². The van der Waals surface area contributed by atoms with Crippen LogP contribution >= 0.6 is 0 Å². The molecular formula is C36H51N5O4. The van der Waals surface area contributed by atoms with E-state index in [4.69, 9.17) is 9.73 Å². The molecule has 0 aromatic heterocycles. The van der Waals surface area contributed by atoms with E-state index in [-0.39, 0.29) is 29.6 Å². The van der Waals surface area contributed by atoms with Crippen LogP contribution in [0.2, 0.25) is 0 Å². The number of benzene rings is 2. The van der Waals surface area contributed by atoms with Gasteiger partial charge in [-0.2, -0.15) is 0 Å². The van der Waals surface area contributed by atoms with Gasteiger partial charge < -0.3 is 19.4 Å². The third-order valence-corrected chi connectivity index (χ3v) is 8.92. The predicted octanol–water partition coefficient (Wildman–Crippen LogP) is 4.47. The maximum absolute atomic E-state index is 14.1. The Morgan fingerprint density at radius 3 is 2.29 bits per heavy atom. The van der Waals surface area contributed by atoms with Crippen LogP contribution in [0.5, 0.6) is 0 Å². The van der Waals surface area contributed by atoms with Crippen molar-refractivity contribution in [1.82, 2.24) is 19.6 Å². The van der Waals surface area contributed by atoms with Crippen molar-refractivity contribution in [3.8, 4) is 0 Å². The minimum Gasteiger partial charge on any atom is -0.454 e. The van der Waals surface area contributed by atoms with Crippen LogP contribution in [-0.2, 0) is 20.7 Å². The van der Waals surface area contributed by atoms with Crippen LogP contribution < -0.4 is 0 Å². The Labute approximate surface area is 269 Å². The highest BCUT2D eigenvalue weighted by Crippen LogP contribution is 2.38. The lowest BCUT2D eigenvalue weighted by molar-refractivity contribution is -0.146. The molecule has 0 radical (unpaired) electrons. The number of ether oxygens (including phenoxy) is 1. The molecule has 2 aromatic carbocycles. The number of ketones is 2. The molecule has 2 heterocycles. The quantitative estimate of drug-likeness (QED) is 0.242. The van der Waals surface area contributed by atoms with Crippen molar-refractivity contribution in [2.24, 2.45) is 4.99 Å². The summed E-state index contributed by atoms with van der Waals surface area (Å²) in [6, 6.07) is 17.1. The summed E-state index contributed by atoms with van der Waals surface area (Å²) in [4.78, 5) is 52.8. The summed E-state index contributed by atoms with van der Waals surface area (Å²) in [5, 5.41) is 0. The zero-order valence-electron chi connectivity index (χ0n) is 28.2. The summed E-state index contributed by atoms with van der Waals surface area (Å²) in [5.41, 5.74) is 2.22. The van der Waals surface area contributed by atoms with Crippen LogP contribution in [0, 0.1) is 0 Å². The standard InChI is InChI=1S/C36H51N5O4/c1-26(42)28-19-16-27(17-20-28)18-21-32(43)31-25-40(35-37-36(2,3)33(45-35)29-13-9-8-10-14-29)23-24-41(31)34(44)30(39(6)7)15-11-12-22-38(4)5/h8-10,13-14,16-17,19-20,30-31,33H,11-12,15,18,21-25H2,1-7H3/t30-,31+,33?/m1/s1. The van der Waals surface area contributed by atoms with Gasteiger partial charge in [0.2, 0.25) is 5.91 Å². The molecule has 3 atom stereocenters. The number of piperazine rings is 1. The molecule has 244 valence electrons. The number of aliphatic imine (C=N–C) groups is 1. The second-order valence-corrected chi connectivity index (χ2v) is 13.4. The van der Waals surface area contributed by atoms with E-state index in [2.05, 4.69) is 45.0 Å². The number of rotatable bonds is 13. The van der Waals surface area contributed by atoms with Gasteiger partial charge in [-0.05, 0) is 85.9 Å². The van der Waals surface area contributed by atoms with E-state index in [0.717, 1.165) is 36.9 Å². The van der Waals surface area contributed by atoms with Crippen molar-refractivity contribution >= 4 is 23.5 Å². The Morgan fingerprint density at radius 1 is 0.978 bits per heavy atom. The number of likely N-dealkylation sites (N-methyl/N-ethyl adjacent to an activating group) is 1. The number of carbonyl (C=O) groups excluding carboxylic acids is 3. The van der Waals surface area contributed by atoms with Gasteiger partial charge >= 0.3 is 0 Å². The van der Waals surface area contributed by atoms with Crippen molar-refractivity contribution in [3.05, 3.63) is 71.3 Å². The first-order valence-corrected chi connectivity index (χ1v) is 16.2. The normalized spacial score (nSPS) is 20.2. The van der Waals surface area contributed by atoms with Crippen molar-refractivity contribution in [2.75, 3.05) is 54.4 Å². The second-order valence-electron chi connectivity index (χ2n) is 13.4. The van der Waals surface area contributed by atoms with Crippen molar-refractivity contribution < 1.29 is 19.1 Å². The molecule has 2 aliphatic heterocycles. The highest BCUT2D eigenvalue weighted by atomic mass is 16.5. The summed E-state index contributed by atoms with van der Waals surface area (Å²) < 4.78 is 6.48. The van der Waals surface area contributed by atoms with Gasteiger partial charge in [0.05, 0.1) is 6.04 Å². The van der Waals surface area contributed by atoms with Crippen LogP contribution in [-0.4, -0.2) is 115 Å². The topological polar surface area (TPSA) is 85.8 Å². The number of aryl methyl sites for hydroxylation is 1. The van der Waals surface area contributed by atoms with E-state index < -0.39 is 11.6 Å². The molecule has 0 aliphatic carbocycles. The molecule has 4 rings (SSSR count). The lowest BCUT2D eigenvalue weighted by Gasteiger charge is -2.43. The zero-order chi connectivity index (χ0) is 32.7. The maximum Gasteiger partial charge on any atom is 0.288 e. The van der Waals surface area contributed by atoms with Gasteiger partial charge in [-0.25, -0.2) is 4.99 Å². The minimum atomic E-state index is -0.614. The first-order chi connectivity index (χ1) is 21.4. The fourth-order valence-corrected chi connectivity index (χ4v) is 6.23. The van der Waals surface area contributed by atoms with E-state index in [1.807, 2.05) is 59.1 Å². The van der Waals surface area contributed by atoms with Crippen LogP contribution in [0.25, 0.3) is 0 Å². The number of amides is 1. The summed E-state index contributed by atoms with van der Waals surface area (Å²) in [6.45, 7) is 7.95. The number of Topliss-reactive ketones (excluding diaryl/α,β-unsaturated/α-hetero) is 2. The Morgan fingerprint density at radius 2 is 1.67 bits per heavy atom. The van der Waals surface area contributed by atoms with E-state index >= 15 is 0 Å². The average molecular weight is 618 g/mol. The predicted molar refractivity (Wildman–Crippen MR) is 179 cm³/mol. The van der Waals surface area contributed by atoms with E-state index in [0.29, 0.717) is 44.1 Å². The highest BCUT2D eigenvalue weighted by Gasteiger charge is 2.44. The van der Waals surface area contributed by atoms with Gasteiger partial charge in [0.1, 0.15) is 11.6 Å². The summed E-state index contributed by atoms with van der Waals surface area (Å²) in [6.07, 6.45) is 3.29. The number of nitrogens with zero attached hydrogens (tertiary/aromatic N) is 5. The molecule has 0 saturated carbocycles. The minimum absolute atomic E-state index is 0.00503. The number of carbonyl (C=O) groups is 3. The zero-order valence-corrected chi connectivity index (χ0v) is 28.2. The van der Waals surface area contributed by atoms with Gasteiger partial charge in [-0.15, -0.1) is 0 Å². The smallest absolute Gasteiger partial charge is 0.288 e. The number of unbranched alkanes of at least 4 members (excludes halogenated alkanes) is 1. The summed E-state index contributed by atoms with van der Waals surface area (Å²) >= 11 is 0. The molecule has 45 heavy (non-hydrogen) atoms. The van der Waals surface area contributed by atoms with Gasteiger partial charge in [0.15, 0.2) is 17.7 Å². The highest BCUT2D eigenvalue weighted by molar-refractivity contribution is 5.94. The molecule has 9 heteroatoms. The number of amidine groups is 1. The third kappa shape index (κ3) is 8.79. The monoisotopic (exact) mass is 617 g/mol. The molecule has 0 N–H and O–H groups in total. The van der Waals surface area contributed by atoms with Gasteiger partial charge in [0, 0.05) is 31.6 Å². The molecule has 2 aromatic rings. The molecular weight excluding hydrogens is 566 g/mol. The van der Waals surface area contributed by atoms with E-state index in [1.165, 1.54) is 0 Å². The largest absolute Gasteiger partial charge is 0.454 e. The van der Waals surface area contributed by atoms with Crippen molar-refractivity contribution in [3.63, 3.8) is 0 Å². The second kappa shape index (κ2) is 15.1. The lowest BCUT2D eigenvalue weighted by Crippen LogP contribution is -2.62. The Bertz CT molecular complexity index is 1340. The van der Waals surface area contributed by atoms with Crippen LogP contribution in [0.1, 0.15) is 74.0 Å². The van der Waals surface area contributed by atoms with Crippen LogP contribution in [0.4, 0.5) is 0 Å². The van der Waals surface area contributed by atoms with Crippen molar-refractivity contribution in [1.29, 1.82) is 0 Å². The average Bonchev–Trinajstić information content (AvgIpc) is 3.34. The van der Waals surface area contributed by atoms with Gasteiger partial charge in [-0.1, -0.05) is 61.0 Å². The number of hydrogen-bond acceptors (Lipinski definition) is 8. The molecule has 1 amide bonds. The third-order valence-electron chi connectivity index (χ3n) is 8.92. The maximum atomic E-state index is 14.1. The SMILES string of the molecule is CC(=O)c1ccc(CCC(=O)[C@@H]2CN(C3=NC(C)(C)C(c4ccccc4)O3)CCN2C(=O)[C@@H](CCCCN(C)C)N(C)C)cc1. The Balaban J connectivity index is 1.52. The molecule has 1 saturated heterocycles. The molecule has 1 unspecified atom stereocenters. The first-order valence-electron chi connectivity index (χ1n) is 16.2. The Hall–Kier alpha value is -3.56.